The van der Waals surface area contributed by atoms with E-state index >= 15 is 0 Å². The third kappa shape index (κ3) is 4.77. The molecular formula is C15H14NO2Y-. The molecule has 0 aliphatic heterocycles. The fourth-order valence-corrected chi connectivity index (χ4v) is 1.74. The summed E-state index contributed by atoms with van der Waals surface area (Å²) in [5.41, 5.74) is 3.17. The third-order valence-electron chi connectivity index (χ3n) is 2.72. The molecule has 0 aromatic heterocycles. The molecule has 0 saturated heterocycles. The Morgan fingerprint density at radius 2 is 1.53 bits per heavy atom. The maximum Gasteiger partial charge on any atom is 0.118 e. The van der Waals surface area contributed by atoms with Crippen molar-refractivity contribution in [1.82, 2.24) is 0 Å². The molecule has 4 heteroatoms. The number of amides is 1. The van der Waals surface area contributed by atoms with Crippen LogP contribution in [0.2, 0.25) is 0 Å². The predicted octanol–water partition coefficient (Wildman–Crippen LogP) is 2.76. The van der Waals surface area contributed by atoms with E-state index < -0.39 is 0 Å². The van der Waals surface area contributed by atoms with Crippen molar-refractivity contribution < 1.29 is 42.2 Å². The Hall–Kier alpha value is -1.19. The topological polar surface area (TPSA) is 38.3 Å². The Balaban J connectivity index is 0.00000180. The van der Waals surface area contributed by atoms with E-state index in [4.69, 9.17) is 4.74 Å². The molecule has 0 heterocycles. The fourth-order valence-electron chi connectivity index (χ4n) is 1.74. The molecule has 3 nitrogen and oxygen atoms in total. The Morgan fingerprint density at radius 1 is 1.00 bits per heavy atom. The average molecular weight is 329 g/mol. The predicted molar refractivity (Wildman–Crippen MR) is 71.6 cm³/mol. The zero-order chi connectivity index (χ0) is 12.8. The second kappa shape index (κ2) is 8.08. The molecule has 0 fully saturated rings. The van der Waals surface area contributed by atoms with Crippen LogP contribution in [-0.2, 0) is 43.9 Å². The van der Waals surface area contributed by atoms with Crippen LogP contribution in [-0.4, -0.2) is 13.5 Å². The van der Waals surface area contributed by atoms with E-state index in [1.54, 1.807) is 13.5 Å². The van der Waals surface area contributed by atoms with Gasteiger partial charge in [0.1, 0.15) is 5.75 Å². The van der Waals surface area contributed by atoms with Gasteiger partial charge in [0.25, 0.3) is 0 Å². The van der Waals surface area contributed by atoms with Gasteiger partial charge in [-0.05, 0) is 29.7 Å². The SMILES string of the molecule is COc1ccc(Cc2ccc(N[C-]=O)cc2)cc1.[Y]. The van der Waals surface area contributed by atoms with Gasteiger partial charge in [-0.3, -0.25) is 0 Å². The summed E-state index contributed by atoms with van der Waals surface area (Å²) in [5.74, 6) is 0.861. The number of anilines is 1. The molecule has 0 aliphatic rings. The molecule has 2 aromatic carbocycles. The Morgan fingerprint density at radius 3 is 2.00 bits per heavy atom. The van der Waals surface area contributed by atoms with E-state index in [0.29, 0.717) is 0 Å². The number of ether oxygens (including phenoxy) is 1. The van der Waals surface area contributed by atoms with Gasteiger partial charge >= 0.3 is 0 Å². The first-order valence-corrected chi connectivity index (χ1v) is 5.67. The van der Waals surface area contributed by atoms with E-state index in [1.807, 2.05) is 48.5 Å². The summed E-state index contributed by atoms with van der Waals surface area (Å²) in [6.07, 6.45) is 2.51. The molecule has 0 aliphatic carbocycles. The minimum absolute atomic E-state index is 0. The van der Waals surface area contributed by atoms with Gasteiger partial charge in [0.05, 0.1) is 13.5 Å². The van der Waals surface area contributed by atoms with Crippen molar-refractivity contribution in [3.63, 3.8) is 0 Å². The van der Waals surface area contributed by atoms with E-state index in [2.05, 4.69) is 5.32 Å². The van der Waals surface area contributed by atoms with Gasteiger partial charge in [-0.1, -0.05) is 24.3 Å². The van der Waals surface area contributed by atoms with Crippen LogP contribution in [0.15, 0.2) is 48.5 Å². The molecule has 2 rings (SSSR count). The summed E-state index contributed by atoms with van der Waals surface area (Å²) in [7, 11) is 1.66. The second-order valence-corrected chi connectivity index (χ2v) is 3.95. The molecule has 1 amide bonds. The van der Waals surface area contributed by atoms with Gasteiger partial charge in [-0.25, -0.2) is 0 Å². The summed E-state index contributed by atoms with van der Waals surface area (Å²) in [4.78, 5) is 10.2. The number of carbonyl (C=O) groups excluding carboxylic acids is 1. The van der Waals surface area contributed by atoms with E-state index in [9.17, 15) is 4.79 Å². The van der Waals surface area contributed by atoms with Gasteiger partial charge in [-0.2, -0.15) is 0 Å². The summed E-state index contributed by atoms with van der Waals surface area (Å²) in [5, 5.41) is 2.49. The fraction of sp³-hybridized carbons (Fsp3) is 0.133. The molecule has 2 aromatic rings. The Bertz CT molecular complexity index is 509. The molecule has 0 atom stereocenters. The van der Waals surface area contributed by atoms with Crippen LogP contribution in [0, 0.1) is 0 Å². The number of rotatable bonds is 5. The maximum absolute atomic E-state index is 10.2. The quantitative estimate of drug-likeness (QED) is 0.677. The molecular weight excluding hydrogens is 315 g/mol. The average Bonchev–Trinajstić information content (AvgIpc) is 2.42. The normalized spacial score (nSPS) is 9.32. The van der Waals surface area contributed by atoms with Crippen LogP contribution in [0.25, 0.3) is 0 Å². The van der Waals surface area contributed by atoms with Crippen molar-refractivity contribution in [3.05, 3.63) is 59.7 Å². The van der Waals surface area contributed by atoms with Crippen LogP contribution < -0.4 is 10.1 Å². The van der Waals surface area contributed by atoms with Crippen LogP contribution in [0.3, 0.4) is 0 Å². The van der Waals surface area contributed by atoms with E-state index in [-0.39, 0.29) is 32.7 Å². The van der Waals surface area contributed by atoms with Crippen molar-refractivity contribution in [3.8, 4) is 5.75 Å². The van der Waals surface area contributed by atoms with Crippen LogP contribution >= 0.6 is 0 Å². The number of hydrogen-bond donors (Lipinski definition) is 1. The summed E-state index contributed by atoms with van der Waals surface area (Å²) in [6, 6.07) is 15.7. The summed E-state index contributed by atoms with van der Waals surface area (Å²) >= 11 is 0. The van der Waals surface area contributed by atoms with Gasteiger partial charge < -0.3 is 14.8 Å². The molecule has 0 spiro atoms. The van der Waals surface area contributed by atoms with Crippen molar-refractivity contribution in [2.24, 2.45) is 0 Å². The van der Waals surface area contributed by atoms with Gasteiger partial charge in [0.2, 0.25) is 0 Å². The van der Waals surface area contributed by atoms with Gasteiger partial charge in [0, 0.05) is 32.7 Å². The molecule has 0 unspecified atom stereocenters. The molecule has 0 saturated carbocycles. The number of nitrogens with one attached hydrogen (secondary N) is 1. The first-order valence-electron chi connectivity index (χ1n) is 5.67. The first-order chi connectivity index (χ1) is 8.81. The summed E-state index contributed by atoms with van der Waals surface area (Å²) < 4.78 is 5.12. The van der Waals surface area contributed by atoms with Crippen LogP contribution in [0.4, 0.5) is 5.69 Å². The Labute approximate surface area is 138 Å². The number of methoxy groups -OCH3 is 1. The molecule has 19 heavy (non-hydrogen) atoms. The summed E-state index contributed by atoms with van der Waals surface area (Å²) in [6.45, 7) is 0. The Kier molecular flexibility index (Phi) is 6.75. The minimum atomic E-state index is 0. The minimum Gasteiger partial charge on any atom is -0.497 e. The molecule has 1 radical (unpaired) electrons. The van der Waals surface area contributed by atoms with Gasteiger partial charge in [-0.15, -0.1) is 17.8 Å². The zero-order valence-electron chi connectivity index (χ0n) is 10.7. The second-order valence-electron chi connectivity index (χ2n) is 3.95. The number of benzene rings is 2. The first kappa shape index (κ1) is 15.9. The van der Waals surface area contributed by atoms with Crippen molar-refractivity contribution in [2.75, 3.05) is 12.4 Å². The molecule has 0 bridgehead atoms. The van der Waals surface area contributed by atoms with Crippen molar-refractivity contribution in [2.45, 2.75) is 6.42 Å². The number of hydrogen-bond acceptors (Lipinski definition) is 2. The van der Waals surface area contributed by atoms with Crippen molar-refractivity contribution in [1.29, 1.82) is 0 Å². The van der Waals surface area contributed by atoms with E-state index in [1.165, 1.54) is 11.1 Å². The third-order valence-corrected chi connectivity index (χ3v) is 2.72. The smallest absolute Gasteiger partial charge is 0.118 e. The standard InChI is InChI=1S/C15H14NO2.Y/c1-18-15-8-4-13(5-9-15)10-12-2-6-14(7-3-12)16-11-17;/h2-9H,10H2,1H3,(H,16,17);/q-1;. The zero-order valence-corrected chi connectivity index (χ0v) is 13.6. The molecule has 95 valence electrons. The van der Waals surface area contributed by atoms with Crippen LogP contribution in [0.1, 0.15) is 11.1 Å². The van der Waals surface area contributed by atoms with E-state index in [0.717, 1.165) is 17.9 Å². The molecule has 1 N–H and O–H groups in total. The van der Waals surface area contributed by atoms with Crippen LogP contribution in [0.5, 0.6) is 5.75 Å². The van der Waals surface area contributed by atoms with Crippen molar-refractivity contribution >= 4 is 12.1 Å². The van der Waals surface area contributed by atoms with Gasteiger partial charge in [0.15, 0.2) is 0 Å². The maximum atomic E-state index is 10.2. The monoisotopic (exact) mass is 329 g/mol. The largest absolute Gasteiger partial charge is 0.497 e.